The maximum Gasteiger partial charge on any atom is 0.124 e. The molecule has 4 heteroatoms. The minimum atomic E-state index is -0.378. The van der Waals surface area contributed by atoms with E-state index in [4.69, 9.17) is 0 Å². The lowest BCUT2D eigenvalue weighted by molar-refractivity contribution is 0.626. The van der Waals surface area contributed by atoms with Crippen molar-refractivity contribution in [2.45, 2.75) is 33.6 Å². The minimum absolute atomic E-state index is 0.378. The number of benzene rings is 1. The third kappa shape index (κ3) is 4.77. The number of hydrogen-bond acceptors (Lipinski definition) is 2. The van der Waals surface area contributed by atoms with Crippen LogP contribution in [0.1, 0.15) is 37.2 Å². The molecule has 0 aliphatic heterocycles. The molecule has 0 bridgehead atoms. The molecule has 2 rings (SSSR count). The number of allylic oxidation sites excluding steroid dienone is 6. The summed E-state index contributed by atoms with van der Waals surface area (Å²) in [6, 6.07) is 6.46. The van der Waals surface area contributed by atoms with Crippen LogP contribution in [0.4, 0.5) is 4.39 Å². The van der Waals surface area contributed by atoms with E-state index in [1.54, 1.807) is 12.3 Å². The highest BCUT2D eigenvalue weighted by Crippen LogP contribution is 2.19. The van der Waals surface area contributed by atoms with E-state index >= 15 is 0 Å². The first kappa shape index (κ1) is 18.4. The molecule has 1 heterocycles. The predicted octanol–water partition coefficient (Wildman–Crippen LogP) is 5.20. The number of nitrogens with zero attached hydrogens (tertiary/aromatic N) is 3. The van der Waals surface area contributed by atoms with Gasteiger partial charge in [0.25, 0.3) is 0 Å². The molecular formula is C21H22FN3. The van der Waals surface area contributed by atoms with E-state index in [1.165, 1.54) is 12.1 Å². The van der Waals surface area contributed by atoms with Gasteiger partial charge in [-0.05, 0) is 63.0 Å². The lowest BCUT2D eigenvalue weighted by atomic mass is 9.99. The molecule has 3 nitrogen and oxygen atoms in total. The van der Waals surface area contributed by atoms with Crippen molar-refractivity contribution in [1.29, 1.82) is 5.26 Å². The summed E-state index contributed by atoms with van der Waals surface area (Å²) in [4.78, 5) is 4.27. The van der Waals surface area contributed by atoms with Crippen LogP contribution in [0.25, 0.3) is 5.70 Å². The Kier molecular flexibility index (Phi) is 6.47. The van der Waals surface area contributed by atoms with E-state index in [2.05, 4.69) is 23.2 Å². The fraction of sp³-hybridized carbons (Fsp3) is 0.238. The van der Waals surface area contributed by atoms with Gasteiger partial charge < -0.3 is 4.57 Å². The molecule has 25 heavy (non-hydrogen) atoms. The molecule has 0 amide bonds. The molecule has 1 aromatic carbocycles. The maximum atomic E-state index is 13.3. The van der Waals surface area contributed by atoms with Crippen molar-refractivity contribution in [3.63, 3.8) is 0 Å². The molecule has 0 radical (unpaired) electrons. The van der Waals surface area contributed by atoms with E-state index < -0.39 is 0 Å². The number of aromatic nitrogens is 2. The number of aryl methyl sites for hydroxylation is 2. The van der Waals surface area contributed by atoms with Crippen LogP contribution in [0.3, 0.4) is 0 Å². The number of hydrogen-bond donors (Lipinski definition) is 0. The molecule has 0 fully saturated rings. The van der Waals surface area contributed by atoms with E-state index in [-0.39, 0.29) is 5.82 Å². The lowest BCUT2D eigenvalue weighted by Crippen LogP contribution is -1.98. The average Bonchev–Trinajstić information content (AvgIpc) is 3.03. The van der Waals surface area contributed by atoms with Crippen molar-refractivity contribution >= 4 is 5.70 Å². The van der Waals surface area contributed by atoms with Gasteiger partial charge in [0, 0.05) is 18.1 Å². The van der Waals surface area contributed by atoms with Gasteiger partial charge in [0.2, 0.25) is 0 Å². The Labute approximate surface area is 148 Å². The van der Waals surface area contributed by atoms with Crippen LogP contribution in [0, 0.1) is 24.1 Å². The third-order valence-corrected chi connectivity index (χ3v) is 3.99. The van der Waals surface area contributed by atoms with Crippen molar-refractivity contribution < 1.29 is 4.39 Å². The molecule has 0 unspecified atom stereocenters. The molecule has 0 N–H and O–H groups in total. The van der Waals surface area contributed by atoms with Crippen molar-refractivity contribution in [3.8, 4) is 6.07 Å². The van der Waals surface area contributed by atoms with E-state index in [9.17, 15) is 9.65 Å². The number of nitriles is 1. The van der Waals surface area contributed by atoms with Crippen LogP contribution >= 0.6 is 0 Å². The van der Waals surface area contributed by atoms with Crippen LogP contribution in [-0.4, -0.2) is 9.55 Å². The van der Waals surface area contributed by atoms with E-state index in [1.807, 2.05) is 43.7 Å². The van der Waals surface area contributed by atoms with Crippen LogP contribution in [0.5, 0.6) is 0 Å². The zero-order valence-electron chi connectivity index (χ0n) is 14.8. The Bertz CT molecular complexity index is 864. The number of imidazole rings is 1. The number of rotatable bonds is 6. The molecule has 0 aliphatic carbocycles. The van der Waals surface area contributed by atoms with Gasteiger partial charge in [0.15, 0.2) is 0 Å². The van der Waals surface area contributed by atoms with Crippen LogP contribution < -0.4 is 0 Å². The Morgan fingerprint density at radius 3 is 2.76 bits per heavy atom. The Morgan fingerprint density at radius 2 is 2.16 bits per heavy atom. The molecule has 1 aromatic heterocycles. The Morgan fingerprint density at radius 1 is 1.36 bits per heavy atom. The van der Waals surface area contributed by atoms with Crippen molar-refractivity contribution in [2.75, 3.05) is 0 Å². The highest BCUT2D eigenvalue weighted by atomic mass is 19.1. The standard InChI is InChI=1S/C21H22FN3/c1-4-6-17(13-21(5-2)25-12-11-24-16(25)3)7-8-18-9-10-20(22)14-19(18)15-23/h4-6,9-14H,7-8H2,1-3H3/b6-4-,17-13+,21-5-. The molecule has 0 spiro atoms. The van der Waals surface area contributed by atoms with Crippen molar-refractivity contribution in [3.05, 3.63) is 83.2 Å². The van der Waals surface area contributed by atoms with Crippen LogP contribution in [0.2, 0.25) is 0 Å². The molecule has 0 atom stereocenters. The first-order valence-electron chi connectivity index (χ1n) is 8.27. The predicted molar refractivity (Wildman–Crippen MR) is 99.2 cm³/mol. The van der Waals surface area contributed by atoms with Gasteiger partial charge in [-0.1, -0.05) is 24.3 Å². The van der Waals surface area contributed by atoms with Crippen molar-refractivity contribution in [1.82, 2.24) is 9.55 Å². The molecule has 0 saturated heterocycles. The summed E-state index contributed by atoms with van der Waals surface area (Å²) in [5, 5.41) is 9.19. The van der Waals surface area contributed by atoms with Gasteiger partial charge in [0.1, 0.15) is 11.6 Å². The molecule has 2 aromatic rings. The number of halogens is 1. The second-order valence-corrected chi connectivity index (χ2v) is 5.69. The van der Waals surface area contributed by atoms with Gasteiger partial charge in [0.05, 0.1) is 11.6 Å². The first-order valence-corrected chi connectivity index (χ1v) is 8.27. The Balaban J connectivity index is 2.24. The van der Waals surface area contributed by atoms with Crippen molar-refractivity contribution in [2.24, 2.45) is 0 Å². The summed E-state index contributed by atoms with van der Waals surface area (Å²) in [7, 11) is 0. The Hall–Kier alpha value is -2.93. The summed E-state index contributed by atoms with van der Waals surface area (Å²) >= 11 is 0. The summed E-state index contributed by atoms with van der Waals surface area (Å²) in [6.07, 6.45) is 13.4. The first-order chi connectivity index (χ1) is 12.1. The lowest BCUT2D eigenvalue weighted by Gasteiger charge is -2.10. The maximum absolute atomic E-state index is 13.3. The second kappa shape index (κ2) is 8.79. The van der Waals surface area contributed by atoms with E-state index in [0.717, 1.165) is 29.1 Å². The molecular weight excluding hydrogens is 313 g/mol. The zero-order chi connectivity index (χ0) is 18.2. The molecule has 128 valence electrons. The fourth-order valence-corrected chi connectivity index (χ4v) is 2.70. The summed E-state index contributed by atoms with van der Waals surface area (Å²) < 4.78 is 15.3. The molecule has 0 saturated carbocycles. The quantitative estimate of drug-likeness (QED) is 0.681. The van der Waals surface area contributed by atoms with Gasteiger partial charge in [-0.15, -0.1) is 0 Å². The average molecular weight is 335 g/mol. The molecule has 0 aliphatic rings. The summed E-state index contributed by atoms with van der Waals surface area (Å²) in [5.41, 5.74) is 3.44. The van der Waals surface area contributed by atoms with Crippen LogP contribution in [0.15, 0.2) is 60.5 Å². The second-order valence-electron chi connectivity index (χ2n) is 5.69. The minimum Gasteiger partial charge on any atom is -0.304 e. The normalized spacial score (nSPS) is 12.6. The van der Waals surface area contributed by atoms with Gasteiger partial charge in [-0.2, -0.15) is 5.26 Å². The SMILES string of the molecule is C\C=C/C(=C\C(=C\C)n1ccnc1C)CCc1ccc(F)cc1C#N. The van der Waals surface area contributed by atoms with Gasteiger partial charge in [-0.25, -0.2) is 9.37 Å². The van der Waals surface area contributed by atoms with E-state index in [0.29, 0.717) is 12.0 Å². The monoisotopic (exact) mass is 335 g/mol. The fourth-order valence-electron chi connectivity index (χ4n) is 2.70. The topological polar surface area (TPSA) is 41.6 Å². The highest BCUT2D eigenvalue weighted by molar-refractivity contribution is 5.60. The zero-order valence-corrected chi connectivity index (χ0v) is 14.8. The van der Waals surface area contributed by atoms with Gasteiger partial charge in [-0.3, -0.25) is 0 Å². The highest BCUT2D eigenvalue weighted by Gasteiger charge is 2.06. The van der Waals surface area contributed by atoms with Gasteiger partial charge >= 0.3 is 0 Å². The smallest absolute Gasteiger partial charge is 0.124 e. The summed E-state index contributed by atoms with van der Waals surface area (Å²) in [6.45, 7) is 5.93. The third-order valence-electron chi connectivity index (χ3n) is 3.99. The van der Waals surface area contributed by atoms with Crippen LogP contribution in [-0.2, 0) is 6.42 Å². The summed E-state index contributed by atoms with van der Waals surface area (Å²) in [5.74, 6) is 0.547. The largest absolute Gasteiger partial charge is 0.304 e.